The quantitative estimate of drug-likeness (QED) is 0.363. The summed E-state index contributed by atoms with van der Waals surface area (Å²) in [5.74, 6) is -1.05. The minimum atomic E-state index is -0.854. The van der Waals surface area contributed by atoms with E-state index in [1.165, 1.54) is 19.1 Å². The highest BCUT2D eigenvalue weighted by atomic mass is 16.5. The van der Waals surface area contributed by atoms with E-state index in [2.05, 4.69) is 0 Å². The normalized spacial score (nSPS) is 17.0. The number of hydrogen-bond donors (Lipinski definition) is 1. The Morgan fingerprint density at radius 1 is 0.939 bits per heavy atom. The third-order valence-corrected chi connectivity index (χ3v) is 5.49. The zero-order valence-corrected chi connectivity index (χ0v) is 18.0. The molecule has 1 saturated heterocycles. The second-order valence-corrected chi connectivity index (χ2v) is 7.31. The Hall–Kier alpha value is -4.57. The molecule has 1 N–H and O–H groups in total. The van der Waals surface area contributed by atoms with Crippen LogP contribution in [0, 0.1) is 11.3 Å². The van der Waals surface area contributed by atoms with Crippen molar-refractivity contribution in [2.24, 2.45) is 0 Å². The number of ether oxygens (including phenoxy) is 2. The highest BCUT2D eigenvalue weighted by Crippen LogP contribution is 2.42. The van der Waals surface area contributed by atoms with Crippen LogP contribution in [0.15, 0.2) is 78.4 Å². The van der Waals surface area contributed by atoms with E-state index in [-0.39, 0.29) is 11.3 Å². The molecule has 33 heavy (non-hydrogen) atoms. The van der Waals surface area contributed by atoms with Gasteiger partial charge in [0.1, 0.15) is 5.76 Å². The number of Topliss-reactive ketones (excluding diaryl/α,β-unsaturated/α-hetero) is 1. The largest absolute Gasteiger partial charge is 0.507 e. The summed E-state index contributed by atoms with van der Waals surface area (Å²) >= 11 is 0. The molecular formula is C26H20N2O5. The number of rotatable bonds is 5. The minimum absolute atomic E-state index is 0.0391. The molecule has 7 nitrogen and oxygen atoms in total. The lowest BCUT2D eigenvalue weighted by Gasteiger charge is -2.25. The first-order valence-corrected chi connectivity index (χ1v) is 10.1. The molecule has 0 spiro atoms. The van der Waals surface area contributed by atoms with Crippen molar-refractivity contribution in [3.63, 3.8) is 0 Å². The molecule has 0 radical (unpaired) electrons. The van der Waals surface area contributed by atoms with E-state index < -0.39 is 17.7 Å². The van der Waals surface area contributed by atoms with Gasteiger partial charge in [-0.3, -0.25) is 14.5 Å². The zero-order valence-electron chi connectivity index (χ0n) is 18.0. The molecule has 1 unspecified atom stereocenters. The van der Waals surface area contributed by atoms with Crippen LogP contribution in [0.3, 0.4) is 0 Å². The van der Waals surface area contributed by atoms with Crippen molar-refractivity contribution >= 4 is 23.1 Å². The topological polar surface area (TPSA) is 99.9 Å². The molecule has 1 amide bonds. The van der Waals surface area contributed by atoms with Crippen LogP contribution in [-0.2, 0) is 9.59 Å². The SMILES string of the molecule is COc1ccc(/C(O)=C2/C(=O)C(=O)N(c3ccc(C#N)cc3)C2c2ccccc2)cc1OC. The Morgan fingerprint density at radius 2 is 1.61 bits per heavy atom. The highest BCUT2D eigenvalue weighted by molar-refractivity contribution is 6.51. The van der Waals surface area contributed by atoms with E-state index in [0.717, 1.165) is 0 Å². The third-order valence-electron chi connectivity index (χ3n) is 5.49. The monoisotopic (exact) mass is 440 g/mol. The summed E-state index contributed by atoms with van der Waals surface area (Å²) in [6.07, 6.45) is 0. The van der Waals surface area contributed by atoms with Crippen molar-refractivity contribution < 1.29 is 24.2 Å². The lowest BCUT2D eigenvalue weighted by atomic mass is 9.95. The van der Waals surface area contributed by atoms with Gasteiger partial charge in [0.15, 0.2) is 11.5 Å². The molecule has 1 atom stereocenters. The van der Waals surface area contributed by atoms with E-state index in [1.807, 2.05) is 12.1 Å². The fraction of sp³-hybridized carbons (Fsp3) is 0.115. The Bertz CT molecular complexity index is 1290. The third kappa shape index (κ3) is 3.79. The van der Waals surface area contributed by atoms with Crippen molar-refractivity contribution in [2.45, 2.75) is 6.04 Å². The molecule has 1 fully saturated rings. The van der Waals surface area contributed by atoms with Crippen molar-refractivity contribution in [3.05, 3.63) is 95.1 Å². The number of amides is 1. The van der Waals surface area contributed by atoms with Gasteiger partial charge in [-0.25, -0.2) is 0 Å². The molecule has 1 aliphatic rings. The van der Waals surface area contributed by atoms with Crippen LogP contribution in [0.5, 0.6) is 11.5 Å². The van der Waals surface area contributed by atoms with Crippen molar-refractivity contribution in [3.8, 4) is 17.6 Å². The molecule has 4 rings (SSSR count). The number of aliphatic hydroxyl groups is 1. The number of nitrogens with zero attached hydrogens (tertiary/aromatic N) is 2. The molecular weight excluding hydrogens is 420 g/mol. The van der Waals surface area contributed by atoms with E-state index in [9.17, 15) is 14.7 Å². The van der Waals surface area contributed by atoms with Gasteiger partial charge in [-0.2, -0.15) is 5.26 Å². The smallest absolute Gasteiger partial charge is 0.300 e. The maximum atomic E-state index is 13.2. The number of carbonyl (C=O) groups is 2. The highest BCUT2D eigenvalue weighted by Gasteiger charge is 2.46. The number of aliphatic hydroxyl groups excluding tert-OH is 1. The standard InChI is InChI=1S/C26H20N2O5/c1-32-20-13-10-18(14-21(20)33-2)24(29)22-23(17-6-4-3-5-7-17)28(26(31)25(22)30)19-11-8-16(15-27)9-12-19/h3-14,23,29H,1-2H3/b24-22-. The van der Waals surface area contributed by atoms with Gasteiger partial charge < -0.3 is 14.6 Å². The predicted molar refractivity (Wildman–Crippen MR) is 122 cm³/mol. The van der Waals surface area contributed by atoms with E-state index in [0.29, 0.717) is 33.9 Å². The van der Waals surface area contributed by atoms with Crippen molar-refractivity contribution in [1.29, 1.82) is 5.26 Å². The Morgan fingerprint density at radius 3 is 2.21 bits per heavy atom. The first-order chi connectivity index (χ1) is 16.0. The molecule has 0 bridgehead atoms. The lowest BCUT2D eigenvalue weighted by molar-refractivity contribution is -0.132. The Kier molecular flexibility index (Phi) is 5.83. The molecule has 3 aromatic carbocycles. The van der Waals surface area contributed by atoms with Crippen molar-refractivity contribution in [2.75, 3.05) is 19.1 Å². The van der Waals surface area contributed by atoms with Gasteiger partial charge in [0.25, 0.3) is 11.7 Å². The minimum Gasteiger partial charge on any atom is -0.507 e. The van der Waals surface area contributed by atoms with Gasteiger partial charge in [-0.1, -0.05) is 30.3 Å². The molecule has 0 saturated carbocycles. The van der Waals surface area contributed by atoms with Gasteiger partial charge in [-0.15, -0.1) is 0 Å². The number of carbonyl (C=O) groups excluding carboxylic acids is 2. The number of hydrogen-bond acceptors (Lipinski definition) is 6. The van der Waals surface area contributed by atoms with Gasteiger partial charge in [0.05, 0.1) is 37.5 Å². The molecule has 7 heteroatoms. The predicted octanol–water partition coefficient (Wildman–Crippen LogP) is 4.20. The summed E-state index contributed by atoms with van der Waals surface area (Å²) in [5, 5.41) is 20.3. The summed E-state index contributed by atoms with van der Waals surface area (Å²) in [6.45, 7) is 0. The average molecular weight is 440 g/mol. The van der Waals surface area contributed by atoms with Crippen LogP contribution < -0.4 is 14.4 Å². The van der Waals surface area contributed by atoms with Crippen LogP contribution in [0.2, 0.25) is 0 Å². The first kappa shape index (κ1) is 21.7. The maximum Gasteiger partial charge on any atom is 0.300 e. The molecule has 1 heterocycles. The van der Waals surface area contributed by atoms with Gasteiger partial charge in [-0.05, 0) is 48.0 Å². The number of anilines is 1. The van der Waals surface area contributed by atoms with Gasteiger partial charge >= 0.3 is 0 Å². The van der Waals surface area contributed by atoms with Crippen LogP contribution >= 0.6 is 0 Å². The molecule has 3 aromatic rings. The Labute approximate surface area is 190 Å². The second-order valence-electron chi connectivity index (χ2n) is 7.31. The second kappa shape index (κ2) is 8.89. The Balaban J connectivity index is 1.92. The summed E-state index contributed by atoms with van der Waals surface area (Å²) < 4.78 is 10.6. The lowest BCUT2D eigenvalue weighted by Crippen LogP contribution is -2.29. The van der Waals surface area contributed by atoms with Gasteiger partial charge in [0, 0.05) is 11.3 Å². The van der Waals surface area contributed by atoms with Gasteiger partial charge in [0.2, 0.25) is 0 Å². The van der Waals surface area contributed by atoms with Crippen LogP contribution in [-0.4, -0.2) is 31.0 Å². The number of benzene rings is 3. The van der Waals surface area contributed by atoms with E-state index in [1.54, 1.807) is 66.7 Å². The zero-order chi connectivity index (χ0) is 23.5. The summed E-state index contributed by atoms with van der Waals surface area (Å²) in [6, 6.07) is 21.3. The molecule has 0 aliphatic carbocycles. The molecule has 164 valence electrons. The first-order valence-electron chi connectivity index (χ1n) is 10.1. The molecule has 1 aliphatic heterocycles. The fourth-order valence-corrected chi connectivity index (χ4v) is 3.89. The molecule has 0 aromatic heterocycles. The van der Waals surface area contributed by atoms with Crippen LogP contribution in [0.4, 0.5) is 5.69 Å². The maximum absolute atomic E-state index is 13.2. The van der Waals surface area contributed by atoms with E-state index >= 15 is 0 Å². The number of methoxy groups -OCH3 is 2. The van der Waals surface area contributed by atoms with Crippen LogP contribution in [0.1, 0.15) is 22.7 Å². The van der Waals surface area contributed by atoms with Crippen molar-refractivity contribution in [1.82, 2.24) is 0 Å². The summed E-state index contributed by atoms with van der Waals surface area (Å²) in [4.78, 5) is 27.6. The van der Waals surface area contributed by atoms with E-state index in [4.69, 9.17) is 14.7 Å². The van der Waals surface area contributed by atoms with Crippen LogP contribution in [0.25, 0.3) is 5.76 Å². The summed E-state index contributed by atoms with van der Waals surface area (Å²) in [7, 11) is 2.96. The number of ketones is 1. The summed E-state index contributed by atoms with van der Waals surface area (Å²) in [5.41, 5.74) is 1.80. The number of nitriles is 1. The average Bonchev–Trinajstić information content (AvgIpc) is 3.14. The fourth-order valence-electron chi connectivity index (χ4n) is 3.89.